The van der Waals surface area contributed by atoms with Gasteiger partial charge in [-0.3, -0.25) is 0 Å². The predicted octanol–water partition coefficient (Wildman–Crippen LogP) is 3.38. The third kappa shape index (κ3) is 7.42. The lowest BCUT2D eigenvalue weighted by atomic mass is 10.1. The number of hydrogen-bond acceptors (Lipinski definition) is 2. The topological polar surface area (TPSA) is 35.8 Å². The Balaban J connectivity index is 0. The SMILES string of the molecule is C=C(C)NC(C#N)C(=C)CCC.CC. The van der Waals surface area contributed by atoms with Crippen LogP contribution in [0.15, 0.2) is 24.4 Å². The number of allylic oxidation sites excluding steroid dienone is 1. The van der Waals surface area contributed by atoms with Crippen LogP contribution in [0.1, 0.15) is 40.5 Å². The highest BCUT2D eigenvalue weighted by Crippen LogP contribution is 2.07. The van der Waals surface area contributed by atoms with Crippen LogP contribution in [-0.4, -0.2) is 6.04 Å². The van der Waals surface area contributed by atoms with Gasteiger partial charge in [-0.15, -0.1) is 0 Å². The summed E-state index contributed by atoms with van der Waals surface area (Å²) in [6, 6.07) is 1.87. The molecule has 0 aromatic carbocycles. The maximum Gasteiger partial charge on any atom is 0.135 e. The number of hydrogen-bond donors (Lipinski definition) is 1. The first-order valence-corrected chi connectivity index (χ1v) is 5.11. The van der Waals surface area contributed by atoms with Crippen molar-refractivity contribution in [2.75, 3.05) is 0 Å². The van der Waals surface area contributed by atoms with Gasteiger partial charge >= 0.3 is 0 Å². The van der Waals surface area contributed by atoms with Gasteiger partial charge in [-0.25, -0.2) is 0 Å². The molecule has 0 rings (SSSR count). The molecule has 0 heterocycles. The van der Waals surface area contributed by atoms with Gasteiger partial charge in [0.2, 0.25) is 0 Å². The quantitative estimate of drug-likeness (QED) is 0.681. The molecule has 0 fully saturated rings. The minimum absolute atomic E-state index is 0.276. The fraction of sp³-hybridized carbons (Fsp3) is 0.583. The number of nitrogens with one attached hydrogen (secondary N) is 1. The van der Waals surface area contributed by atoms with Crippen LogP contribution in [0.25, 0.3) is 0 Å². The molecule has 0 aliphatic heterocycles. The van der Waals surface area contributed by atoms with Crippen LogP contribution in [-0.2, 0) is 0 Å². The Bertz CT molecular complexity index is 211. The van der Waals surface area contributed by atoms with E-state index in [-0.39, 0.29) is 6.04 Å². The summed E-state index contributed by atoms with van der Waals surface area (Å²) in [6.45, 7) is 15.4. The highest BCUT2D eigenvalue weighted by atomic mass is 14.9. The van der Waals surface area contributed by atoms with Crippen LogP contribution in [0.3, 0.4) is 0 Å². The van der Waals surface area contributed by atoms with Crippen molar-refractivity contribution in [3.05, 3.63) is 24.4 Å². The van der Waals surface area contributed by atoms with E-state index in [1.807, 2.05) is 20.8 Å². The van der Waals surface area contributed by atoms with Gasteiger partial charge in [0.1, 0.15) is 6.04 Å². The maximum absolute atomic E-state index is 8.76. The first-order valence-electron chi connectivity index (χ1n) is 5.11. The summed E-state index contributed by atoms with van der Waals surface area (Å²) in [6.07, 6.45) is 1.91. The van der Waals surface area contributed by atoms with Gasteiger partial charge in [0.05, 0.1) is 6.07 Å². The average molecular weight is 194 g/mol. The van der Waals surface area contributed by atoms with Gasteiger partial charge in [-0.05, 0) is 18.9 Å². The molecule has 0 saturated heterocycles. The Labute approximate surface area is 88.3 Å². The standard InChI is InChI=1S/C10H16N2.C2H6/c1-5-6-9(4)10(7-11)12-8(2)3;1-2/h10,12H,2,4-6H2,1,3H3;1-2H3. The number of nitrogens with zero attached hydrogens (tertiary/aromatic N) is 1. The summed E-state index contributed by atoms with van der Waals surface area (Å²) in [5, 5.41) is 11.7. The Morgan fingerprint density at radius 3 is 2.21 bits per heavy atom. The molecular formula is C12H22N2. The Kier molecular flexibility index (Phi) is 10.7. The smallest absolute Gasteiger partial charge is 0.135 e. The summed E-state index contributed by atoms with van der Waals surface area (Å²) in [5.74, 6) is 0. The second-order valence-corrected chi connectivity index (χ2v) is 2.90. The third-order valence-electron chi connectivity index (χ3n) is 1.50. The lowest BCUT2D eigenvalue weighted by Crippen LogP contribution is -2.27. The maximum atomic E-state index is 8.76. The van der Waals surface area contributed by atoms with Crippen molar-refractivity contribution in [2.24, 2.45) is 0 Å². The molecular weight excluding hydrogens is 172 g/mol. The Morgan fingerprint density at radius 1 is 1.43 bits per heavy atom. The van der Waals surface area contributed by atoms with Crippen molar-refractivity contribution in [2.45, 2.75) is 46.6 Å². The van der Waals surface area contributed by atoms with Gasteiger partial charge in [0.25, 0.3) is 0 Å². The molecule has 0 bridgehead atoms. The van der Waals surface area contributed by atoms with Crippen LogP contribution in [0.2, 0.25) is 0 Å². The molecule has 0 spiro atoms. The van der Waals surface area contributed by atoms with E-state index in [2.05, 4.69) is 31.5 Å². The number of nitriles is 1. The van der Waals surface area contributed by atoms with Gasteiger partial charge < -0.3 is 5.32 Å². The second-order valence-electron chi connectivity index (χ2n) is 2.90. The van der Waals surface area contributed by atoms with E-state index in [1.165, 1.54) is 0 Å². The van der Waals surface area contributed by atoms with Crippen LogP contribution in [0.5, 0.6) is 0 Å². The van der Waals surface area contributed by atoms with Crippen molar-refractivity contribution in [1.29, 1.82) is 5.26 Å². The molecule has 0 saturated carbocycles. The van der Waals surface area contributed by atoms with Crippen molar-refractivity contribution in [3.8, 4) is 6.07 Å². The molecule has 0 aliphatic rings. The van der Waals surface area contributed by atoms with Crippen molar-refractivity contribution >= 4 is 0 Å². The van der Waals surface area contributed by atoms with E-state index in [0.717, 1.165) is 24.1 Å². The normalized spacial score (nSPS) is 10.2. The van der Waals surface area contributed by atoms with Crippen LogP contribution in [0.4, 0.5) is 0 Å². The van der Waals surface area contributed by atoms with E-state index in [9.17, 15) is 0 Å². The van der Waals surface area contributed by atoms with E-state index >= 15 is 0 Å². The zero-order valence-corrected chi connectivity index (χ0v) is 9.85. The van der Waals surface area contributed by atoms with Gasteiger partial charge in [0.15, 0.2) is 0 Å². The largest absolute Gasteiger partial charge is 0.371 e. The summed E-state index contributed by atoms with van der Waals surface area (Å²) in [4.78, 5) is 0. The molecule has 0 amide bonds. The molecule has 0 aromatic heterocycles. The van der Waals surface area contributed by atoms with Crippen molar-refractivity contribution in [1.82, 2.24) is 5.32 Å². The second kappa shape index (κ2) is 9.85. The number of rotatable bonds is 5. The van der Waals surface area contributed by atoms with Crippen LogP contribution < -0.4 is 5.32 Å². The highest BCUT2D eigenvalue weighted by molar-refractivity contribution is 5.18. The molecule has 0 radical (unpaired) electrons. The summed E-state index contributed by atoms with van der Waals surface area (Å²) < 4.78 is 0. The highest BCUT2D eigenvalue weighted by Gasteiger charge is 2.08. The lowest BCUT2D eigenvalue weighted by molar-refractivity contribution is 0.718. The van der Waals surface area contributed by atoms with Crippen LogP contribution >= 0.6 is 0 Å². The minimum Gasteiger partial charge on any atom is -0.371 e. The van der Waals surface area contributed by atoms with Crippen molar-refractivity contribution < 1.29 is 0 Å². The van der Waals surface area contributed by atoms with E-state index < -0.39 is 0 Å². The molecule has 80 valence electrons. The summed E-state index contributed by atoms with van der Waals surface area (Å²) >= 11 is 0. The monoisotopic (exact) mass is 194 g/mol. The third-order valence-corrected chi connectivity index (χ3v) is 1.50. The van der Waals surface area contributed by atoms with Gasteiger partial charge in [0, 0.05) is 5.70 Å². The molecule has 1 unspecified atom stereocenters. The first-order chi connectivity index (χ1) is 6.61. The summed E-state index contributed by atoms with van der Waals surface area (Å²) in [5.41, 5.74) is 1.74. The summed E-state index contributed by atoms with van der Waals surface area (Å²) in [7, 11) is 0. The fourth-order valence-corrected chi connectivity index (χ4v) is 0.937. The van der Waals surface area contributed by atoms with Crippen LogP contribution in [0, 0.1) is 11.3 Å². The van der Waals surface area contributed by atoms with Crippen molar-refractivity contribution in [3.63, 3.8) is 0 Å². The van der Waals surface area contributed by atoms with E-state index in [4.69, 9.17) is 5.26 Å². The zero-order valence-electron chi connectivity index (χ0n) is 9.85. The molecule has 1 atom stereocenters. The molecule has 0 aromatic rings. The average Bonchev–Trinajstić information content (AvgIpc) is 2.17. The minimum atomic E-state index is -0.276. The van der Waals surface area contributed by atoms with E-state index in [1.54, 1.807) is 0 Å². The zero-order chi connectivity index (χ0) is 11.6. The van der Waals surface area contributed by atoms with Gasteiger partial charge in [-0.2, -0.15) is 5.26 Å². The van der Waals surface area contributed by atoms with E-state index in [0.29, 0.717) is 0 Å². The Hall–Kier alpha value is -1.23. The predicted molar refractivity (Wildman–Crippen MR) is 62.7 cm³/mol. The lowest BCUT2D eigenvalue weighted by Gasteiger charge is -2.14. The first kappa shape index (κ1) is 15.3. The fourth-order valence-electron chi connectivity index (χ4n) is 0.937. The molecule has 0 aliphatic carbocycles. The molecule has 14 heavy (non-hydrogen) atoms. The molecule has 1 N–H and O–H groups in total. The molecule has 2 heteroatoms. The molecule has 2 nitrogen and oxygen atoms in total. The Morgan fingerprint density at radius 2 is 1.93 bits per heavy atom. The van der Waals surface area contributed by atoms with Gasteiger partial charge in [-0.1, -0.05) is 40.3 Å².